The van der Waals surface area contributed by atoms with Crippen LogP contribution in [-0.4, -0.2) is 9.38 Å². The summed E-state index contributed by atoms with van der Waals surface area (Å²) in [6.07, 6.45) is -0.701. The maximum atomic E-state index is 12.8. The summed E-state index contributed by atoms with van der Waals surface area (Å²) in [5.41, 5.74) is 0.103. The van der Waals surface area contributed by atoms with Gasteiger partial charge >= 0.3 is 6.18 Å². The number of nitrogens with one attached hydrogen (secondary N) is 1. The molecule has 0 bridgehead atoms. The molecule has 0 saturated heterocycles. The van der Waals surface area contributed by atoms with Crippen LogP contribution in [0.5, 0.6) is 0 Å². The van der Waals surface area contributed by atoms with Crippen LogP contribution in [0.4, 0.5) is 18.9 Å². The normalized spacial score (nSPS) is 11.9. The maximum Gasteiger partial charge on any atom is 0.418 e. The predicted octanol–water partition coefficient (Wildman–Crippen LogP) is 4.03. The van der Waals surface area contributed by atoms with E-state index in [2.05, 4.69) is 10.3 Å². The number of imidazole rings is 1. The zero-order valence-electron chi connectivity index (χ0n) is 10.2. The Bertz CT molecular complexity index is 701. The number of para-hydroxylation sites is 1. The van der Waals surface area contributed by atoms with Crippen molar-refractivity contribution in [1.82, 2.24) is 9.38 Å². The molecule has 0 aliphatic rings. The molecule has 0 unspecified atom stereocenters. The van der Waals surface area contributed by atoms with E-state index in [4.69, 9.17) is 0 Å². The highest BCUT2D eigenvalue weighted by Crippen LogP contribution is 2.34. The van der Waals surface area contributed by atoms with Crippen LogP contribution in [0.3, 0.4) is 0 Å². The first-order valence-corrected chi connectivity index (χ1v) is 6.73. The van der Waals surface area contributed by atoms with Gasteiger partial charge in [-0.15, -0.1) is 11.3 Å². The van der Waals surface area contributed by atoms with Crippen LogP contribution in [0, 0.1) is 0 Å². The molecule has 3 aromatic rings. The number of aromatic nitrogens is 2. The van der Waals surface area contributed by atoms with Crippen molar-refractivity contribution in [1.29, 1.82) is 0 Å². The molecular formula is C13H10F3N3S. The van der Waals surface area contributed by atoms with E-state index in [0.717, 1.165) is 11.0 Å². The molecule has 1 N–H and O–H groups in total. The quantitative estimate of drug-likeness (QED) is 0.791. The van der Waals surface area contributed by atoms with E-state index in [-0.39, 0.29) is 12.2 Å². The monoisotopic (exact) mass is 297 g/mol. The number of halogens is 3. The van der Waals surface area contributed by atoms with Crippen molar-refractivity contribution in [3.63, 3.8) is 0 Å². The summed E-state index contributed by atoms with van der Waals surface area (Å²) in [7, 11) is 0. The minimum Gasteiger partial charge on any atom is -0.379 e. The summed E-state index contributed by atoms with van der Waals surface area (Å²) in [6, 6.07) is 5.43. The van der Waals surface area contributed by atoms with Gasteiger partial charge in [0.25, 0.3) is 0 Å². The Morgan fingerprint density at radius 2 is 2.05 bits per heavy atom. The molecular weight excluding hydrogens is 287 g/mol. The molecule has 20 heavy (non-hydrogen) atoms. The van der Waals surface area contributed by atoms with Crippen molar-refractivity contribution in [3.05, 3.63) is 53.3 Å². The first-order chi connectivity index (χ1) is 9.54. The van der Waals surface area contributed by atoms with Crippen LogP contribution in [-0.2, 0) is 12.7 Å². The van der Waals surface area contributed by atoms with Gasteiger partial charge in [-0.1, -0.05) is 12.1 Å². The van der Waals surface area contributed by atoms with Gasteiger partial charge in [0.1, 0.15) is 0 Å². The minimum absolute atomic E-state index is 0.0661. The Morgan fingerprint density at radius 1 is 1.25 bits per heavy atom. The Hall–Kier alpha value is -2.02. The van der Waals surface area contributed by atoms with Gasteiger partial charge in [0.05, 0.1) is 17.8 Å². The van der Waals surface area contributed by atoms with Gasteiger partial charge < -0.3 is 5.32 Å². The summed E-state index contributed by atoms with van der Waals surface area (Å²) in [5, 5.41) is 4.70. The average Bonchev–Trinajstić information content (AvgIpc) is 2.96. The van der Waals surface area contributed by atoms with Crippen molar-refractivity contribution in [2.24, 2.45) is 0 Å². The Balaban J connectivity index is 1.80. The summed E-state index contributed by atoms with van der Waals surface area (Å²) in [4.78, 5) is 5.14. The summed E-state index contributed by atoms with van der Waals surface area (Å²) in [5.74, 6) is 0. The molecule has 0 fully saturated rings. The highest BCUT2D eigenvalue weighted by Gasteiger charge is 2.33. The van der Waals surface area contributed by atoms with Crippen LogP contribution < -0.4 is 5.32 Å². The predicted molar refractivity (Wildman–Crippen MR) is 71.8 cm³/mol. The van der Waals surface area contributed by atoms with Gasteiger partial charge in [0.2, 0.25) is 0 Å². The van der Waals surface area contributed by atoms with E-state index in [1.807, 2.05) is 16.0 Å². The number of hydrogen-bond acceptors (Lipinski definition) is 3. The lowest BCUT2D eigenvalue weighted by Gasteiger charge is -2.13. The minimum atomic E-state index is -4.36. The molecule has 0 aliphatic heterocycles. The number of rotatable bonds is 3. The van der Waals surface area contributed by atoms with Crippen LogP contribution in [0.1, 0.15) is 11.3 Å². The fourth-order valence-electron chi connectivity index (χ4n) is 1.93. The number of thiazole rings is 1. The Morgan fingerprint density at radius 3 is 2.80 bits per heavy atom. The second-order valence-corrected chi connectivity index (χ2v) is 5.10. The zero-order valence-corrected chi connectivity index (χ0v) is 11.0. The van der Waals surface area contributed by atoms with Gasteiger partial charge in [0.15, 0.2) is 4.96 Å². The average molecular weight is 297 g/mol. The molecule has 0 radical (unpaired) electrons. The molecule has 3 nitrogen and oxygen atoms in total. The van der Waals surface area contributed by atoms with Crippen LogP contribution in [0.2, 0.25) is 0 Å². The smallest absolute Gasteiger partial charge is 0.379 e. The van der Waals surface area contributed by atoms with Gasteiger partial charge in [-0.25, -0.2) is 4.98 Å². The molecule has 0 amide bonds. The number of nitrogens with zero attached hydrogens (tertiary/aromatic N) is 2. The Labute approximate surface area is 116 Å². The molecule has 3 rings (SSSR count). The third kappa shape index (κ3) is 2.49. The highest BCUT2D eigenvalue weighted by atomic mass is 32.1. The third-order valence-corrected chi connectivity index (χ3v) is 3.61. The topological polar surface area (TPSA) is 29.3 Å². The van der Waals surface area contributed by atoms with Crippen LogP contribution in [0.25, 0.3) is 4.96 Å². The third-order valence-electron chi connectivity index (χ3n) is 2.84. The molecule has 0 atom stereocenters. The molecule has 0 spiro atoms. The maximum absolute atomic E-state index is 12.8. The second-order valence-electron chi connectivity index (χ2n) is 4.22. The number of alkyl halides is 3. The lowest BCUT2D eigenvalue weighted by molar-refractivity contribution is -0.136. The number of fused-ring (bicyclic) bond motifs is 1. The molecule has 2 aromatic heterocycles. The summed E-state index contributed by atoms with van der Waals surface area (Å²) < 4.78 is 40.3. The van der Waals surface area contributed by atoms with E-state index in [1.165, 1.54) is 23.5 Å². The lowest BCUT2D eigenvalue weighted by Crippen LogP contribution is -2.10. The lowest BCUT2D eigenvalue weighted by atomic mass is 10.1. The van der Waals surface area contributed by atoms with E-state index in [9.17, 15) is 13.2 Å². The molecule has 104 valence electrons. The van der Waals surface area contributed by atoms with Crippen molar-refractivity contribution < 1.29 is 13.2 Å². The van der Waals surface area contributed by atoms with Gasteiger partial charge in [0, 0.05) is 23.5 Å². The SMILES string of the molecule is FC(F)(F)c1ccccc1NCc1cn2ccsc2n1. The van der Waals surface area contributed by atoms with Crippen molar-refractivity contribution in [2.45, 2.75) is 12.7 Å². The van der Waals surface area contributed by atoms with Crippen LogP contribution in [0.15, 0.2) is 42.0 Å². The molecule has 0 saturated carbocycles. The largest absolute Gasteiger partial charge is 0.418 e. The molecule has 7 heteroatoms. The van der Waals surface area contributed by atoms with Crippen LogP contribution >= 0.6 is 11.3 Å². The first-order valence-electron chi connectivity index (χ1n) is 5.85. The van der Waals surface area contributed by atoms with E-state index >= 15 is 0 Å². The standard InChI is InChI=1S/C13H10F3N3S/c14-13(15,16)10-3-1-2-4-11(10)17-7-9-8-19-5-6-20-12(19)18-9/h1-6,8,17H,7H2. The van der Waals surface area contributed by atoms with Crippen molar-refractivity contribution in [3.8, 4) is 0 Å². The number of benzene rings is 1. The Kier molecular flexibility index (Phi) is 3.13. The second kappa shape index (κ2) is 4.82. The number of hydrogen-bond donors (Lipinski definition) is 1. The van der Waals surface area contributed by atoms with Crippen molar-refractivity contribution >= 4 is 22.0 Å². The summed E-state index contributed by atoms with van der Waals surface area (Å²) in [6.45, 7) is 0.251. The fraction of sp³-hybridized carbons (Fsp3) is 0.154. The molecule has 0 aliphatic carbocycles. The number of anilines is 1. The fourth-order valence-corrected chi connectivity index (χ4v) is 2.65. The highest BCUT2D eigenvalue weighted by molar-refractivity contribution is 7.15. The van der Waals surface area contributed by atoms with E-state index < -0.39 is 11.7 Å². The van der Waals surface area contributed by atoms with E-state index in [1.54, 1.807) is 12.3 Å². The first kappa shape index (κ1) is 13.0. The van der Waals surface area contributed by atoms with E-state index in [0.29, 0.717) is 5.69 Å². The molecule has 1 aromatic carbocycles. The van der Waals surface area contributed by atoms with Gasteiger partial charge in [-0.2, -0.15) is 13.2 Å². The van der Waals surface area contributed by atoms with Gasteiger partial charge in [-0.05, 0) is 12.1 Å². The zero-order chi connectivity index (χ0) is 14.2. The molecule has 2 heterocycles. The summed E-state index contributed by atoms with van der Waals surface area (Å²) >= 11 is 1.48. The van der Waals surface area contributed by atoms with Gasteiger partial charge in [-0.3, -0.25) is 4.40 Å². The van der Waals surface area contributed by atoms with Crippen molar-refractivity contribution in [2.75, 3.05) is 5.32 Å².